The number of halogens is 1. The number of amides is 1. The average Bonchev–Trinajstić information content (AvgIpc) is 2.19. The lowest BCUT2D eigenvalue weighted by atomic mass is 10.1. The summed E-state index contributed by atoms with van der Waals surface area (Å²) in [5, 5.41) is 10.9. The van der Waals surface area contributed by atoms with Gasteiger partial charge in [0.1, 0.15) is 12.4 Å². The highest BCUT2D eigenvalue weighted by Crippen LogP contribution is 2.08. The third kappa shape index (κ3) is 2.81. The van der Waals surface area contributed by atoms with Gasteiger partial charge in [-0.2, -0.15) is 0 Å². The van der Waals surface area contributed by atoms with Crippen molar-refractivity contribution in [1.29, 1.82) is 0 Å². The summed E-state index contributed by atoms with van der Waals surface area (Å²) in [6.07, 6.45) is 0. The zero-order chi connectivity index (χ0) is 10.6. The molecule has 0 aliphatic carbocycles. The topological polar surface area (TPSA) is 49.3 Å². The fourth-order valence-corrected chi connectivity index (χ4v) is 1.07. The lowest BCUT2D eigenvalue weighted by Gasteiger charge is -2.04. The molecule has 1 aromatic carbocycles. The van der Waals surface area contributed by atoms with E-state index < -0.39 is 12.5 Å². The Hall–Kier alpha value is -1.42. The molecule has 3 nitrogen and oxygen atoms in total. The highest BCUT2D eigenvalue weighted by atomic mass is 19.1. The first-order valence-corrected chi connectivity index (χ1v) is 4.26. The van der Waals surface area contributed by atoms with Gasteiger partial charge >= 0.3 is 0 Å². The molecule has 0 saturated heterocycles. The standard InChI is InChI=1S/C10H12FNO2/c1-7-4-8(2-3-9(7)11)5-12-10(14)6-13/h2-4,13H,5-6H2,1H3,(H,12,14). The summed E-state index contributed by atoms with van der Waals surface area (Å²) in [4.78, 5) is 10.7. The lowest BCUT2D eigenvalue weighted by Crippen LogP contribution is -2.25. The number of carbonyl (C=O) groups is 1. The number of aliphatic hydroxyl groups is 1. The minimum absolute atomic E-state index is 0.262. The molecule has 0 saturated carbocycles. The maximum atomic E-state index is 12.8. The second-order valence-electron chi connectivity index (χ2n) is 3.02. The molecule has 0 bridgehead atoms. The molecule has 0 radical (unpaired) electrons. The summed E-state index contributed by atoms with van der Waals surface area (Å²) in [6.45, 7) is 1.44. The molecule has 4 heteroatoms. The summed E-state index contributed by atoms with van der Waals surface area (Å²) < 4.78 is 12.8. The van der Waals surface area contributed by atoms with Gasteiger partial charge in [0.05, 0.1) is 0 Å². The molecular weight excluding hydrogens is 185 g/mol. The number of aliphatic hydroxyl groups excluding tert-OH is 1. The highest BCUT2D eigenvalue weighted by molar-refractivity contribution is 5.76. The van der Waals surface area contributed by atoms with Crippen molar-refractivity contribution in [2.45, 2.75) is 13.5 Å². The van der Waals surface area contributed by atoms with Crippen molar-refractivity contribution in [3.8, 4) is 0 Å². The summed E-state index contributed by atoms with van der Waals surface area (Å²) in [7, 11) is 0. The summed E-state index contributed by atoms with van der Waals surface area (Å²) in [6, 6.07) is 4.61. The lowest BCUT2D eigenvalue weighted by molar-refractivity contribution is -0.123. The van der Waals surface area contributed by atoms with Crippen LogP contribution in [-0.4, -0.2) is 17.6 Å². The van der Waals surface area contributed by atoms with Gasteiger partial charge < -0.3 is 10.4 Å². The van der Waals surface area contributed by atoms with Crippen LogP contribution in [0.2, 0.25) is 0 Å². The molecule has 14 heavy (non-hydrogen) atoms. The van der Waals surface area contributed by atoms with Crippen LogP contribution in [0.15, 0.2) is 18.2 Å². The van der Waals surface area contributed by atoms with Gasteiger partial charge in [0.2, 0.25) is 5.91 Å². The number of hydrogen-bond donors (Lipinski definition) is 2. The average molecular weight is 197 g/mol. The second kappa shape index (κ2) is 4.72. The van der Waals surface area contributed by atoms with E-state index in [2.05, 4.69) is 5.32 Å². The molecular formula is C10H12FNO2. The van der Waals surface area contributed by atoms with E-state index in [-0.39, 0.29) is 5.82 Å². The SMILES string of the molecule is Cc1cc(CNC(=O)CO)ccc1F. The van der Waals surface area contributed by atoms with E-state index in [0.29, 0.717) is 12.1 Å². The van der Waals surface area contributed by atoms with Crippen LogP contribution in [0.25, 0.3) is 0 Å². The Kier molecular flexibility index (Phi) is 3.59. The Morgan fingerprint density at radius 2 is 2.29 bits per heavy atom. The number of rotatable bonds is 3. The largest absolute Gasteiger partial charge is 0.387 e. The van der Waals surface area contributed by atoms with Crippen LogP contribution < -0.4 is 5.32 Å². The zero-order valence-corrected chi connectivity index (χ0v) is 7.88. The van der Waals surface area contributed by atoms with E-state index in [1.807, 2.05) is 0 Å². The van der Waals surface area contributed by atoms with Gasteiger partial charge in [-0.15, -0.1) is 0 Å². The highest BCUT2D eigenvalue weighted by Gasteiger charge is 2.01. The fourth-order valence-electron chi connectivity index (χ4n) is 1.07. The van der Waals surface area contributed by atoms with E-state index in [9.17, 15) is 9.18 Å². The van der Waals surface area contributed by atoms with Crippen LogP contribution in [0.4, 0.5) is 4.39 Å². The van der Waals surface area contributed by atoms with Crippen molar-refractivity contribution in [3.63, 3.8) is 0 Å². The van der Waals surface area contributed by atoms with Gasteiger partial charge in [0.15, 0.2) is 0 Å². The van der Waals surface area contributed by atoms with Crippen molar-refractivity contribution in [2.24, 2.45) is 0 Å². The molecule has 0 atom stereocenters. The number of carbonyl (C=O) groups excluding carboxylic acids is 1. The predicted molar refractivity (Wildman–Crippen MR) is 50.1 cm³/mol. The monoisotopic (exact) mass is 197 g/mol. The van der Waals surface area contributed by atoms with Crippen molar-refractivity contribution in [2.75, 3.05) is 6.61 Å². The molecule has 0 fully saturated rings. The van der Waals surface area contributed by atoms with E-state index in [4.69, 9.17) is 5.11 Å². The zero-order valence-electron chi connectivity index (χ0n) is 7.88. The van der Waals surface area contributed by atoms with E-state index in [0.717, 1.165) is 5.56 Å². The first kappa shape index (κ1) is 10.7. The Balaban J connectivity index is 2.60. The molecule has 0 aromatic heterocycles. The molecule has 76 valence electrons. The van der Waals surface area contributed by atoms with Crippen LogP contribution in [0.3, 0.4) is 0 Å². The minimum Gasteiger partial charge on any atom is -0.387 e. The third-order valence-corrected chi connectivity index (χ3v) is 1.86. The predicted octanol–water partition coefficient (Wildman–Crippen LogP) is 0.743. The number of benzene rings is 1. The first-order valence-electron chi connectivity index (χ1n) is 4.26. The maximum Gasteiger partial charge on any atom is 0.245 e. The first-order chi connectivity index (χ1) is 6.63. The van der Waals surface area contributed by atoms with Crippen LogP contribution in [0.5, 0.6) is 0 Å². The molecule has 0 aliphatic rings. The number of aryl methyl sites for hydroxylation is 1. The van der Waals surface area contributed by atoms with Crippen LogP contribution in [0, 0.1) is 12.7 Å². The molecule has 0 spiro atoms. The summed E-state index contributed by atoms with van der Waals surface area (Å²) >= 11 is 0. The van der Waals surface area contributed by atoms with Gasteiger partial charge in [0, 0.05) is 6.54 Å². The quantitative estimate of drug-likeness (QED) is 0.751. The minimum atomic E-state index is -0.528. The molecule has 1 rings (SSSR count). The van der Waals surface area contributed by atoms with Crippen molar-refractivity contribution < 1.29 is 14.3 Å². The number of nitrogens with one attached hydrogen (secondary N) is 1. The summed E-state index contributed by atoms with van der Waals surface area (Å²) in [5.41, 5.74) is 1.35. The molecule has 0 aliphatic heterocycles. The molecule has 0 unspecified atom stereocenters. The Labute approximate surface area is 81.6 Å². The van der Waals surface area contributed by atoms with Crippen LogP contribution in [0.1, 0.15) is 11.1 Å². The van der Waals surface area contributed by atoms with E-state index in [1.165, 1.54) is 6.07 Å². The van der Waals surface area contributed by atoms with E-state index >= 15 is 0 Å². The van der Waals surface area contributed by atoms with Crippen molar-refractivity contribution in [1.82, 2.24) is 5.32 Å². The summed E-state index contributed by atoms with van der Waals surface area (Å²) in [5.74, 6) is -0.700. The second-order valence-corrected chi connectivity index (χ2v) is 3.02. The Morgan fingerprint density at radius 1 is 1.57 bits per heavy atom. The Morgan fingerprint density at radius 3 is 2.86 bits per heavy atom. The van der Waals surface area contributed by atoms with Gasteiger partial charge in [-0.3, -0.25) is 4.79 Å². The third-order valence-electron chi connectivity index (χ3n) is 1.86. The molecule has 2 N–H and O–H groups in total. The van der Waals surface area contributed by atoms with Crippen molar-refractivity contribution in [3.05, 3.63) is 35.1 Å². The fraction of sp³-hybridized carbons (Fsp3) is 0.300. The van der Waals surface area contributed by atoms with Gasteiger partial charge in [0.25, 0.3) is 0 Å². The molecule has 1 amide bonds. The Bertz CT molecular complexity index is 339. The van der Waals surface area contributed by atoms with Gasteiger partial charge in [-0.25, -0.2) is 4.39 Å². The van der Waals surface area contributed by atoms with Crippen molar-refractivity contribution >= 4 is 5.91 Å². The van der Waals surface area contributed by atoms with Crippen LogP contribution >= 0.6 is 0 Å². The number of hydrogen-bond acceptors (Lipinski definition) is 2. The van der Waals surface area contributed by atoms with E-state index in [1.54, 1.807) is 19.1 Å². The van der Waals surface area contributed by atoms with Gasteiger partial charge in [-0.1, -0.05) is 12.1 Å². The normalized spacial score (nSPS) is 9.93. The smallest absolute Gasteiger partial charge is 0.245 e. The molecule has 1 aromatic rings. The molecule has 0 heterocycles. The maximum absolute atomic E-state index is 12.8. The van der Waals surface area contributed by atoms with Crippen LogP contribution in [-0.2, 0) is 11.3 Å². The van der Waals surface area contributed by atoms with Gasteiger partial charge in [-0.05, 0) is 24.1 Å².